The largest absolute Gasteiger partial charge is 0.370 e. The molecule has 66 valence electrons. The molecule has 0 aromatic carbocycles. The van der Waals surface area contributed by atoms with Crippen molar-refractivity contribution in [2.75, 3.05) is 0 Å². The van der Waals surface area contributed by atoms with Gasteiger partial charge in [0.25, 0.3) is 0 Å². The summed E-state index contributed by atoms with van der Waals surface area (Å²) in [6.45, 7) is 2.01. The molecule has 5 nitrogen and oxygen atoms in total. The summed E-state index contributed by atoms with van der Waals surface area (Å²) in [7, 11) is 0. The Kier molecular flexibility index (Phi) is 2.68. The lowest BCUT2D eigenvalue weighted by Crippen LogP contribution is -2.33. The van der Waals surface area contributed by atoms with E-state index in [-0.39, 0.29) is 12.0 Å². The third-order valence-corrected chi connectivity index (χ3v) is 1.61. The minimum absolute atomic E-state index is 0.0233. The molecule has 1 rings (SSSR count). The van der Waals surface area contributed by atoms with Crippen LogP contribution in [-0.4, -0.2) is 15.9 Å². The zero-order valence-electron chi connectivity index (χ0n) is 6.96. The first-order valence-corrected chi connectivity index (χ1v) is 3.83. The van der Waals surface area contributed by atoms with E-state index in [1.807, 2.05) is 6.92 Å². The van der Waals surface area contributed by atoms with Crippen molar-refractivity contribution in [2.45, 2.75) is 19.4 Å². The van der Waals surface area contributed by atoms with Gasteiger partial charge in [-0.25, -0.2) is 4.98 Å². The second-order valence-electron chi connectivity index (χ2n) is 2.51. The maximum Gasteiger partial charge on any atom is 0.186 e. The Labute approximate surface area is 70.9 Å². The molecule has 0 aliphatic heterocycles. The van der Waals surface area contributed by atoms with Gasteiger partial charge < -0.3 is 16.0 Å². The second kappa shape index (κ2) is 3.75. The maximum atomic E-state index is 7.06. The Morgan fingerprint density at radius 3 is 3.08 bits per heavy atom. The number of guanidine groups is 1. The average Bonchev–Trinajstić information content (AvgIpc) is 2.51. The number of aromatic amines is 1. The number of nitrogens with two attached hydrogens (primary N) is 1. The molecule has 1 aromatic heterocycles. The third-order valence-electron chi connectivity index (χ3n) is 1.61. The second-order valence-corrected chi connectivity index (χ2v) is 2.51. The first-order chi connectivity index (χ1) is 5.74. The van der Waals surface area contributed by atoms with Crippen LogP contribution in [0.2, 0.25) is 0 Å². The van der Waals surface area contributed by atoms with Gasteiger partial charge in [-0.15, -0.1) is 0 Å². The number of aromatic nitrogens is 2. The van der Waals surface area contributed by atoms with E-state index >= 15 is 0 Å². The highest BCUT2D eigenvalue weighted by atomic mass is 15.1. The highest BCUT2D eigenvalue weighted by Crippen LogP contribution is 2.11. The molecule has 0 saturated heterocycles. The summed E-state index contributed by atoms with van der Waals surface area (Å²) in [5, 5.41) is 9.87. The Bertz CT molecular complexity index is 240. The van der Waals surface area contributed by atoms with Crippen molar-refractivity contribution in [2.24, 2.45) is 5.73 Å². The smallest absolute Gasteiger partial charge is 0.186 e. The van der Waals surface area contributed by atoms with Gasteiger partial charge in [-0.05, 0) is 6.42 Å². The van der Waals surface area contributed by atoms with Crippen molar-refractivity contribution in [3.63, 3.8) is 0 Å². The van der Waals surface area contributed by atoms with Crippen LogP contribution < -0.4 is 11.1 Å². The summed E-state index contributed by atoms with van der Waals surface area (Å²) in [6, 6.07) is 0.0359. The summed E-state index contributed by atoms with van der Waals surface area (Å²) < 4.78 is 0. The molecule has 1 unspecified atom stereocenters. The van der Waals surface area contributed by atoms with E-state index < -0.39 is 0 Å². The van der Waals surface area contributed by atoms with Crippen molar-refractivity contribution in [3.05, 3.63) is 18.2 Å². The Morgan fingerprint density at radius 1 is 1.92 bits per heavy atom. The summed E-state index contributed by atoms with van der Waals surface area (Å²) >= 11 is 0. The van der Waals surface area contributed by atoms with E-state index in [9.17, 15) is 0 Å². The lowest BCUT2D eigenvalue weighted by molar-refractivity contribution is 0.605. The third kappa shape index (κ3) is 1.98. The normalized spacial score (nSPS) is 12.4. The van der Waals surface area contributed by atoms with Crippen molar-refractivity contribution < 1.29 is 0 Å². The van der Waals surface area contributed by atoms with Crippen LogP contribution in [0, 0.1) is 5.41 Å². The van der Waals surface area contributed by atoms with Gasteiger partial charge in [0.05, 0.1) is 18.1 Å². The summed E-state index contributed by atoms with van der Waals surface area (Å²) in [4.78, 5) is 6.93. The van der Waals surface area contributed by atoms with Crippen LogP contribution in [0.1, 0.15) is 25.1 Å². The van der Waals surface area contributed by atoms with Crippen LogP contribution in [0.15, 0.2) is 12.5 Å². The zero-order valence-corrected chi connectivity index (χ0v) is 6.96. The van der Waals surface area contributed by atoms with E-state index in [1.165, 1.54) is 0 Å². The molecular weight excluding hydrogens is 154 g/mol. The van der Waals surface area contributed by atoms with Crippen LogP contribution in [0.25, 0.3) is 0 Å². The lowest BCUT2D eigenvalue weighted by Gasteiger charge is -2.13. The van der Waals surface area contributed by atoms with Gasteiger partial charge in [0.1, 0.15) is 0 Å². The zero-order chi connectivity index (χ0) is 8.97. The average molecular weight is 167 g/mol. The fourth-order valence-electron chi connectivity index (χ4n) is 1.04. The number of nitrogens with one attached hydrogen (secondary N) is 3. The van der Waals surface area contributed by atoms with Crippen LogP contribution in [0.5, 0.6) is 0 Å². The van der Waals surface area contributed by atoms with Crippen LogP contribution >= 0.6 is 0 Å². The molecule has 0 bridgehead atoms. The quantitative estimate of drug-likeness (QED) is 0.386. The molecule has 0 aliphatic rings. The molecular formula is C7H13N5. The van der Waals surface area contributed by atoms with E-state index in [0.717, 1.165) is 12.1 Å². The minimum atomic E-state index is -0.0233. The molecule has 12 heavy (non-hydrogen) atoms. The molecule has 0 spiro atoms. The SMILES string of the molecule is CCC(NC(=N)N)c1c[nH]cn1. The van der Waals surface area contributed by atoms with Crippen molar-refractivity contribution in [1.29, 1.82) is 5.41 Å². The number of hydrogen-bond acceptors (Lipinski definition) is 2. The van der Waals surface area contributed by atoms with Gasteiger partial charge in [0.15, 0.2) is 5.96 Å². The molecule has 0 aliphatic carbocycles. The van der Waals surface area contributed by atoms with Crippen LogP contribution in [0.3, 0.4) is 0 Å². The fraction of sp³-hybridized carbons (Fsp3) is 0.429. The molecule has 1 heterocycles. The van der Waals surface area contributed by atoms with Gasteiger partial charge >= 0.3 is 0 Å². The summed E-state index contributed by atoms with van der Waals surface area (Å²) in [5.41, 5.74) is 6.09. The molecule has 0 amide bonds. The van der Waals surface area contributed by atoms with Crippen molar-refractivity contribution in [3.8, 4) is 0 Å². The van der Waals surface area contributed by atoms with Gasteiger partial charge in [0, 0.05) is 6.20 Å². The minimum Gasteiger partial charge on any atom is -0.370 e. The molecule has 1 aromatic rings. The molecule has 0 radical (unpaired) electrons. The monoisotopic (exact) mass is 167 g/mol. The lowest BCUT2D eigenvalue weighted by atomic mass is 10.2. The first kappa shape index (κ1) is 8.58. The van der Waals surface area contributed by atoms with Crippen LogP contribution in [-0.2, 0) is 0 Å². The number of rotatable bonds is 3. The van der Waals surface area contributed by atoms with Gasteiger partial charge in [0.2, 0.25) is 0 Å². The predicted octanol–water partition coefficient (Wildman–Crippen LogP) is 0.344. The van der Waals surface area contributed by atoms with Gasteiger partial charge in [-0.1, -0.05) is 6.92 Å². The standard InChI is InChI=1S/C7H13N5/c1-2-5(12-7(8)9)6-3-10-4-11-6/h3-5H,2H2,1H3,(H,10,11)(H4,8,9,12). The van der Waals surface area contributed by atoms with Crippen LogP contribution in [0.4, 0.5) is 0 Å². The number of nitrogens with zero attached hydrogens (tertiary/aromatic N) is 1. The predicted molar refractivity (Wildman–Crippen MR) is 46.7 cm³/mol. The summed E-state index contributed by atoms with van der Waals surface area (Å²) in [6.07, 6.45) is 4.26. The van der Waals surface area contributed by atoms with E-state index in [0.29, 0.717) is 0 Å². The van der Waals surface area contributed by atoms with E-state index in [4.69, 9.17) is 11.1 Å². The number of hydrogen-bond donors (Lipinski definition) is 4. The van der Waals surface area contributed by atoms with Gasteiger partial charge in [-0.3, -0.25) is 5.41 Å². The highest BCUT2D eigenvalue weighted by Gasteiger charge is 2.10. The molecule has 5 heteroatoms. The molecule has 0 fully saturated rings. The van der Waals surface area contributed by atoms with Gasteiger partial charge in [-0.2, -0.15) is 0 Å². The Balaban J connectivity index is 2.63. The molecule has 5 N–H and O–H groups in total. The Hall–Kier alpha value is -1.52. The first-order valence-electron chi connectivity index (χ1n) is 3.83. The maximum absolute atomic E-state index is 7.06. The molecule has 1 atom stereocenters. The number of imidazole rings is 1. The topological polar surface area (TPSA) is 90.6 Å². The number of H-pyrrole nitrogens is 1. The summed E-state index contributed by atoms with van der Waals surface area (Å²) in [5.74, 6) is -0.0233. The Morgan fingerprint density at radius 2 is 2.67 bits per heavy atom. The van der Waals surface area contributed by atoms with E-state index in [1.54, 1.807) is 12.5 Å². The molecule has 0 saturated carbocycles. The van der Waals surface area contributed by atoms with E-state index in [2.05, 4.69) is 15.3 Å². The van der Waals surface area contributed by atoms with Crippen molar-refractivity contribution in [1.82, 2.24) is 15.3 Å². The highest BCUT2D eigenvalue weighted by molar-refractivity contribution is 5.74. The fourth-order valence-corrected chi connectivity index (χ4v) is 1.04. The van der Waals surface area contributed by atoms with Crippen molar-refractivity contribution >= 4 is 5.96 Å².